The number of ketones is 1. The molecule has 1 heterocycles. The molecule has 2 aromatic carbocycles. The predicted molar refractivity (Wildman–Crippen MR) is 94.6 cm³/mol. The van der Waals surface area contributed by atoms with Crippen LogP contribution < -0.4 is 5.32 Å². The molecule has 1 amide bonds. The van der Waals surface area contributed by atoms with Crippen LogP contribution in [0.3, 0.4) is 0 Å². The molecule has 4 nitrogen and oxygen atoms in total. The Morgan fingerprint density at radius 2 is 1.58 bits per heavy atom. The summed E-state index contributed by atoms with van der Waals surface area (Å²) >= 11 is 0. The summed E-state index contributed by atoms with van der Waals surface area (Å²) in [7, 11) is 0. The van der Waals surface area contributed by atoms with Crippen LogP contribution in [0.25, 0.3) is 0 Å². The molecule has 1 N–H and O–H groups in total. The van der Waals surface area contributed by atoms with E-state index in [9.17, 15) is 9.59 Å². The van der Waals surface area contributed by atoms with Crippen molar-refractivity contribution in [1.29, 1.82) is 0 Å². The quantitative estimate of drug-likeness (QED) is 0.884. The van der Waals surface area contributed by atoms with E-state index in [0.29, 0.717) is 29.8 Å². The Morgan fingerprint density at radius 3 is 2.25 bits per heavy atom. The highest BCUT2D eigenvalue weighted by Crippen LogP contribution is 2.19. The molecule has 0 spiro atoms. The maximum Gasteiger partial charge on any atom is 0.254 e. The molecular formula is C20H22N2O2. The molecule has 0 aromatic heterocycles. The van der Waals surface area contributed by atoms with E-state index in [1.807, 2.05) is 49.1 Å². The van der Waals surface area contributed by atoms with Gasteiger partial charge < -0.3 is 10.2 Å². The lowest BCUT2D eigenvalue weighted by Gasteiger charge is -2.28. The number of hydrogen-bond donors (Lipinski definition) is 1. The van der Waals surface area contributed by atoms with Crippen molar-refractivity contribution in [3.8, 4) is 0 Å². The van der Waals surface area contributed by atoms with E-state index < -0.39 is 0 Å². The second kappa shape index (κ2) is 6.97. The Hall–Kier alpha value is -2.46. The van der Waals surface area contributed by atoms with E-state index in [-0.39, 0.29) is 11.7 Å². The minimum Gasteiger partial charge on any atom is -0.336 e. The maximum atomic E-state index is 12.9. The van der Waals surface area contributed by atoms with Gasteiger partial charge in [-0.05, 0) is 37.1 Å². The molecule has 0 atom stereocenters. The third-order valence-corrected chi connectivity index (χ3v) is 4.58. The monoisotopic (exact) mass is 322 g/mol. The molecule has 2 aromatic rings. The van der Waals surface area contributed by atoms with Crippen LogP contribution in [0, 0.1) is 13.8 Å². The number of nitrogens with one attached hydrogen (secondary N) is 1. The van der Waals surface area contributed by atoms with E-state index in [0.717, 1.165) is 24.2 Å². The number of benzene rings is 2. The van der Waals surface area contributed by atoms with E-state index in [1.54, 1.807) is 12.1 Å². The molecular weight excluding hydrogens is 300 g/mol. The van der Waals surface area contributed by atoms with Crippen molar-refractivity contribution in [2.24, 2.45) is 0 Å². The lowest BCUT2D eigenvalue weighted by atomic mass is 9.95. The fraction of sp³-hybridized carbons (Fsp3) is 0.300. The number of piperazine rings is 1. The van der Waals surface area contributed by atoms with Gasteiger partial charge in [0, 0.05) is 37.3 Å². The molecule has 24 heavy (non-hydrogen) atoms. The predicted octanol–water partition coefficient (Wildman–Crippen LogP) is 2.58. The summed E-state index contributed by atoms with van der Waals surface area (Å²) in [4.78, 5) is 27.6. The summed E-state index contributed by atoms with van der Waals surface area (Å²) in [6.07, 6.45) is 0. The summed E-state index contributed by atoms with van der Waals surface area (Å²) in [5.74, 6) is -0.165. The van der Waals surface area contributed by atoms with Crippen molar-refractivity contribution in [3.05, 3.63) is 70.3 Å². The molecule has 3 rings (SSSR count). The number of amides is 1. The van der Waals surface area contributed by atoms with Gasteiger partial charge in [-0.2, -0.15) is 0 Å². The lowest BCUT2D eigenvalue weighted by Crippen LogP contribution is -2.46. The second-order valence-corrected chi connectivity index (χ2v) is 6.22. The molecule has 1 aliphatic rings. The van der Waals surface area contributed by atoms with Gasteiger partial charge in [0.1, 0.15) is 0 Å². The molecule has 124 valence electrons. The van der Waals surface area contributed by atoms with Gasteiger partial charge in [0.2, 0.25) is 0 Å². The van der Waals surface area contributed by atoms with Gasteiger partial charge in [-0.15, -0.1) is 0 Å². The Kier molecular flexibility index (Phi) is 4.76. The van der Waals surface area contributed by atoms with Crippen LogP contribution in [0.2, 0.25) is 0 Å². The highest BCUT2D eigenvalue weighted by Gasteiger charge is 2.23. The first kappa shape index (κ1) is 16.4. The zero-order valence-corrected chi connectivity index (χ0v) is 14.1. The SMILES string of the molecule is Cc1ccc(C(=O)c2ccccc2C(=O)N2CCNCC2)cc1C. The Bertz CT molecular complexity index is 777. The average Bonchev–Trinajstić information content (AvgIpc) is 2.63. The van der Waals surface area contributed by atoms with E-state index in [4.69, 9.17) is 0 Å². The van der Waals surface area contributed by atoms with Crippen LogP contribution in [0.15, 0.2) is 42.5 Å². The van der Waals surface area contributed by atoms with Crippen LogP contribution in [-0.2, 0) is 0 Å². The molecule has 1 saturated heterocycles. The third kappa shape index (κ3) is 3.24. The molecule has 1 aliphatic heterocycles. The van der Waals surface area contributed by atoms with Crippen molar-refractivity contribution >= 4 is 11.7 Å². The Balaban J connectivity index is 1.94. The van der Waals surface area contributed by atoms with Gasteiger partial charge in [0.15, 0.2) is 5.78 Å². The zero-order chi connectivity index (χ0) is 17.1. The number of aryl methyl sites for hydroxylation is 2. The fourth-order valence-electron chi connectivity index (χ4n) is 2.94. The molecule has 4 heteroatoms. The van der Waals surface area contributed by atoms with E-state index in [1.165, 1.54) is 0 Å². The van der Waals surface area contributed by atoms with Gasteiger partial charge in [-0.25, -0.2) is 0 Å². The van der Waals surface area contributed by atoms with Crippen molar-refractivity contribution in [2.75, 3.05) is 26.2 Å². The van der Waals surface area contributed by atoms with Gasteiger partial charge in [0.05, 0.1) is 5.56 Å². The molecule has 1 fully saturated rings. The number of hydrogen-bond acceptors (Lipinski definition) is 3. The highest BCUT2D eigenvalue weighted by atomic mass is 16.2. The molecule has 0 unspecified atom stereocenters. The van der Waals surface area contributed by atoms with Crippen molar-refractivity contribution in [3.63, 3.8) is 0 Å². The number of carbonyl (C=O) groups excluding carboxylic acids is 2. The minimum atomic E-state index is -0.0998. The van der Waals surface area contributed by atoms with Crippen LogP contribution >= 0.6 is 0 Å². The van der Waals surface area contributed by atoms with E-state index >= 15 is 0 Å². The largest absolute Gasteiger partial charge is 0.336 e. The van der Waals surface area contributed by atoms with Crippen LogP contribution in [-0.4, -0.2) is 42.8 Å². The first-order valence-electron chi connectivity index (χ1n) is 8.29. The number of rotatable bonds is 3. The van der Waals surface area contributed by atoms with Gasteiger partial charge in [-0.1, -0.05) is 30.3 Å². The molecule has 0 aliphatic carbocycles. The first-order valence-corrected chi connectivity index (χ1v) is 8.29. The maximum absolute atomic E-state index is 12.9. The first-order chi connectivity index (χ1) is 11.6. The Labute approximate surface area is 142 Å². The number of carbonyl (C=O) groups is 2. The molecule has 0 bridgehead atoms. The standard InChI is InChI=1S/C20H22N2O2/c1-14-7-8-16(13-15(14)2)19(23)17-5-3-4-6-18(17)20(24)22-11-9-21-10-12-22/h3-8,13,21H,9-12H2,1-2H3. The fourth-order valence-corrected chi connectivity index (χ4v) is 2.94. The van der Waals surface area contributed by atoms with Crippen LogP contribution in [0.5, 0.6) is 0 Å². The molecule has 0 saturated carbocycles. The average molecular weight is 322 g/mol. The van der Waals surface area contributed by atoms with Crippen LogP contribution in [0.4, 0.5) is 0 Å². The molecule has 0 radical (unpaired) electrons. The topological polar surface area (TPSA) is 49.4 Å². The normalized spacial score (nSPS) is 14.5. The third-order valence-electron chi connectivity index (χ3n) is 4.58. The van der Waals surface area contributed by atoms with Crippen molar-refractivity contribution in [1.82, 2.24) is 10.2 Å². The number of nitrogens with zero attached hydrogens (tertiary/aromatic N) is 1. The van der Waals surface area contributed by atoms with E-state index in [2.05, 4.69) is 5.32 Å². The summed E-state index contributed by atoms with van der Waals surface area (Å²) < 4.78 is 0. The Morgan fingerprint density at radius 1 is 0.917 bits per heavy atom. The second-order valence-electron chi connectivity index (χ2n) is 6.22. The summed E-state index contributed by atoms with van der Waals surface area (Å²) in [5.41, 5.74) is 3.81. The minimum absolute atomic E-state index is 0.0655. The smallest absolute Gasteiger partial charge is 0.254 e. The summed E-state index contributed by atoms with van der Waals surface area (Å²) in [6, 6.07) is 12.8. The van der Waals surface area contributed by atoms with Crippen molar-refractivity contribution in [2.45, 2.75) is 13.8 Å². The van der Waals surface area contributed by atoms with Gasteiger partial charge in [-0.3, -0.25) is 9.59 Å². The lowest BCUT2D eigenvalue weighted by molar-refractivity contribution is 0.0732. The summed E-state index contributed by atoms with van der Waals surface area (Å²) in [5, 5.41) is 3.23. The highest BCUT2D eigenvalue weighted by molar-refractivity contribution is 6.15. The van der Waals surface area contributed by atoms with Gasteiger partial charge in [0.25, 0.3) is 5.91 Å². The van der Waals surface area contributed by atoms with Crippen molar-refractivity contribution < 1.29 is 9.59 Å². The summed E-state index contributed by atoms with van der Waals surface area (Å²) in [6.45, 7) is 6.93. The van der Waals surface area contributed by atoms with Crippen LogP contribution in [0.1, 0.15) is 37.4 Å². The zero-order valence-electron chi connectivity index (χ0n) is 14.1. The van der Waals surface area contributed by atoms with Gasteiger partial charge >= 0.3 is 0 Å².